The van der Waals surface area contributed by atoms with Crippen molar-refractivity contribution in [1.29, 1.82) is 0 Å². The summed E-state index contributed by atoms with van der Waals surface area (Å²) in [7, 11) is 0. The van der Waals surface area contributed by atoms with Gasteiger partial charge in [0, 0.05) is 13.0 Å². The van der Waals surface area contributed by atoms with Crippen LogP contribution in [-0.2, 0) is 38.7 Å². The van der Waals surface area contributed by atoms with E-state index in [-0.39, 0.29) is 32.4 Å². The van der Waals surface area contributed by atoms with Crippen LogP contribution in [0.1, 0.15) is 60.8 Å². The molecule has 3 aromatic rings. The molecule has 11 heteroatoms. The Bertz CT molecular complexity index is 1500. The molecule has 1 heterocycles. The molecular weight excluding hydrogens is 624 g/mol. The highest BCUT2D eigenvalue weighted by molar-refractivity contribution is 5.91. The Morgan fingerprint density at radius 3 is 2.31 bits per heavy atom. The quantitative estimate of drug-likeness (QED) is 0.131. The van der Waals surface area contributed by atoms with E-state index in [1.54, 1.807) is 12.1 Å². The molecule has 49 heavy (non-hydrogen) atoms. The first-order valence-corrected chi connectivity index (χ1v) is 17.0. The maximum atomic E-state index is 13.6. The van der Waals surface area contributed by atoms with Crippen LogP contribution in [0.4, 0.5) is 4.79 Å². The van der Waals surface area contributed by atoms with Gasteiger partial charge in [0.2, 0.25) is 11.8 Å². The van der Waals surface area contributed by atoms with Crippen molar-refractivity contribution in [2.75, 3.05) is 19.7 Å². The molecule has 0 bridgehead atoms. The van der Waals surface area contributed by atoms with E-state index in [0.29, 0.717) is 18.9 Å². The van der Waals surface area contributed by atoms with E-state index in [9.17, 15) is 24.3 Å². The summed E-state index contributed by atoms with van der Waals surface area (Å²) >= 11 is 0. The molecule has 1 aliphatic heterocycles. The molecule has 0 saturated carbocycles. The van der Waals surface area contributed by atoms with Crippen LogP contribution < -0.4 is 26.0 Å². The van der Waals surface area contributed by atoms with Crippen molar-refractivity contribution in [3.05, 3.63) is 101 Å². The molecule has 262 valence electrons. The molecule has 5 N–H and O–H groups in total. The number of alkyl carbamates (subject to hydrolysis) is 1. The fraction of sp³-hybridized carbons (Fsp3) is 0.421. The average molecular weight is 673 g/mol. The predicted octanol–water partition coefficient (Wildman–Crippen LogP) is 4.66. The van der Waals surface area contributed by atoms with Gasteiger partial charge >= 0.3 is 12.1 Å². The van der Waals surface area contributed by atoms with Crippen LogP contribution >= 0.6 is 0 Å². The molecular formula is C38H48N4O7. The summed E-state index contributed by atoms with van der Waals surface area (Å²) < 4.78 is 11.3. The molecule has 3 atom stereocenters. The van der Waals surface area contributed by atoms with Gasteiger partial charge in [0.25, 0.3) is 0 Å². The zero-order valence-corrected chi connectivity index (χ0v) is 28.1. The molecule has 0 spiro atoms. The maximum Gasteiger partial charge on any atom is 0.408 e. The van der Waals surface area contributed by atoms with Gasteiger partial charge in [0.15, 0.2) is 0 Å². The number of nitrogens with one attached hydrogen (secondary N) is 4. The average Bonchev–Trinajstić information content (AvgIpc) is 3.12. The Balaban J connectivity index is 1.39. The Kier molecular flexibility index (Phi) is 14.9. The Labute approximate surface area is 288 Å². The SMILES string of the molecule is Cc1ccc(OCCC2CCCNC2)cc1CNC(=O)C(CCc1ccccc1)NC(=O)C(CCC(=O)O)NC(=O)OCc1ccccc1. The highest BCUT2D eigenvalue weighted by atomic mass is 16.5. The molecule has 11 nitrogen and oxygen atoms in total. The molecule has 3 amide bonds. The monoisotopic (exact) mass is 672 g/mol. The van der Waals surface area contributed by atoms with E-state index in [1.807, 2.05) is 73.7 Å². The molecule has 0 radical (unpaired) electrons. The van der Waals surface area contributed by atoms with E-state index in [1.165, 1.54) is 12.8 Å². The van der Waals surface area contributed by atoms with Crippen molar-refractivity contribution < 1.29 is 33.8 Å². The molecule has 3 unspecified atom stereocenters. The molecule has 4 rings (SSSR count). The topological polar surface area (TPSA) is 155 Å². The van der Waals surface area contributed by atoms with Gasteiger partial charge in [-0.15, -0.1) is 0 Å². The lowest BCUT2D eigenvalue weighted by Crippen LogP contribution is -2.54. The number of hydrogen-bond acceptors (Lipinski definition) is 7. The highest BCUT2D eigenvalue weighted by Crippen LogP contribution is 2.20. The van der Waals surface area contributed by atoms with Gasteiger partial charge in [-0.3, -0.25) is 14.4 Å². The summed E-state index contributed by atoms with van der Waals surface area (Å²) in [6, 6.07) is 22.3. The smallest absolute Gasteiger partial charge is 0.408 e. The number of aryl methyl sites for hydroxylation is 2. The molecule has 0 aromatic heterocycles. The second-order valence-corrected chi connectivity index (χ2v) is 12.4. The number of carbonyl (C=O) groups excluding carboxylic acids is 3. The number of hydrogen-bond donors (Lipinski definition) is 5. The zero-order chi connectivity index (χ0) is 34.8. The third kappa shape index (κ3) is 13.3. The van der Waals surface area contributed by atoms with E-state index in [4.69, 9.17) is 9.47 Å². The second kappa shape index (κ2) is 19.8. The summed E-state index contributed by atoms with van der Waals surface area (Å²) in [6.07, 6.45) is 2.74. The van der Waals surface area contributed by atoms with E-state index in [2.05, 4.69) is 21.3 Å². The van der Waals surface area contributed by atoms with Gasteiger partial charge < -0.3 is 35.8 Å². The minimum Gasteiger partial charge on any atom is -0.494 e. The van der Waals surface area contributed by atoms with Crippen LogP contribution in [0.15, 0.2) is 78.9 Å². The fourth-order valence-corrected chi connectivity index (χ4v) is 5.69. The number of piperidine rings is 1. The van der Waals surface area contributed by atoms with Crippen molar-refractivity contribution in [3.63, 3.8) is 0 Å². The summed E-state index contributed by atoms with van der Waals surface area (Å²) in [5, 5.41) is 20.9. The Morgan fingerprint density at radius 1 is 0.898 bits per heavy atom. The van der Waals surface area contributed by atoms with Gasteiger partial charge in [-0.2, -0.15) is 0 Å². The minimum absolute atomic E-state index is 0.0221. The lowest BCUT2D eigenvalue weighted by Gasteiger charge is -2.23. The first-order valence-electron chi connectivity index (χ1n) is 17.0. The first-order chi connectivity index (χ1) is 23.8. The number of rotatable bonds is 18. The summed E-state index contributed by atoms with van der Waals surface area (Å²) in [4.78, 5) is 51.1. The zero-order valence-electron chi connectivity index (χ0n) is 28.1. The van der Waals surface area contributed by atoms with Crippen molar-refractivity contribution in [1.82, 2.24) is 21.3 Å². The molecule has 3 aromatic carbocycles. The summed E-state index contributed by atoms with van der Waals surface area (Å²) in [6.45, 7) is 4.87. The lowest BCUT2D eigenvalue weighted by molar-refractivity contribution is -0.137. The molecule has 1 saturated heterocycles. The van der Waals surface area contributed by atoms with E-state index < -0.39 is 36.0 Å². The molecule has 0 aliphatic carbocycles. The van der Waals surface area contributed by atoms with Crippen LogP contribution in [-0.4, -0.2) is 60.8 Å². The Hall–Kier alpha value is -4.90. The number of carboxylic acid groups (broad SMARTS) is 1. The van der Waals surface area contributed by atoms with Gasteiger partial charge in [0.1, 0.15) is 24.4 Å². The largest absolute Gasteiger partial charge is 0.494 e. The van der Waals surface area contributed by atoms with Crippen LogP contribution in [0.2, 0.25) is 0 Å². The predicted molar refractivity (Wildman–Crippen MR) is 186 cm³/mol. The highest BCUT2D eigenvalue weighted by Gasteiger charge is 2.28. The number of benzene rings is 3. The van der Waals surface area contributed by atoms with Crippen molar-refractivity contribution in [3.8, 4) is 5.75 Å². The number of ether oxygens (including phenoxy) is 2. The van der Waals surface area contributed by atoms with Crippen molar-refractivity contribution in [2.45, 2.75) is 77.1 Å². The summed E-state index contributed by atoms with van der Waals surface area (Å²) in [5.41, 5.74) is 3.62. The van der Waals surface area contributed by atoms with E-state index >= 15 is 0 Å². The third-order valence-corrected chi connectivity index (χ3v) is 8.63. The third-order valence-electron chi connectivity index (χ3n) is 8.63. The second-order valence-electron chi connectivity index (χ2n) is 12.4. The van der Waals surface area contributed by atoms with Gasteiger partial charge in [-0.05, 0) is 98.8 Å². The lowest BCUT2D eigenvalue weighted by atomic mass is 9.97. The summed E-state index contributed by atoms with van der Waals surface area (Å²) in [5.74, 6) is -0.851. The van der Waals surface area contributed by atoms with Gasteiger partial charge in [-0.1, -0.05) is 66.7 Å². The first kappa shape index (κ1) is 36.9. The van der Waals surface area contributed by atoms with Crippen molar-refractivity contribution in [2.24, 2.45) is 5.92 Å². The number of carbonyl (C=O) groups is 4. The van der Waals surface area contributed by atoms with Crippen LogP contribution in [0.3, 0.4) is 0 Å². The maximum absolute atomic E-state index is 13.6. The number of amides is 3. The molecule has 1 aliphatic rings. The minimum atomic E-state index is -1.23. The van der Waals surface area contributed by atoms with Crippen molar-refractivity contribution >= 4 is 23.9 Å². The number of carboxylic acids is 1. The normalized spacial score (nSPS) is 15.3. The van der Waals surface area contributed by atoms with E-state index in [0.717, 1.165) is 47.5 Å². The van der Waals surface area contributed by atoms with Crippen LogP contribution in [0.5, 0.6) is 5.75 Å². The fourth-order valence-electron chi connectivity index (χ4n) is 5.69. The van der Waals surface area contributed by atoms with Gasteiger partial charge in [-0.25, -0.2) is 4.79 Å². The number of aliphatic carboxylic acids is 1. The molecule has 1 fully saturated rings. The van der Waals surface area contributed by atoms with Crippen LogP contribution in [0.25, 0.3) is 0 Å². The Morgan fingerprint density at radius 2 is 1.61 bits per heavy atom. The van der Waals surface area contributed by atoms with Gasteiger partial charge in [0.05, 0.1) is 6.61 Å². The van der Waals surface area contributed by atoms with Crippen LogP contribution in [0, 0.1) is 12.8 Å². The standard InChI is InChI=1S/C38H48N4O7/c1-27-14-16-32(48-22-20-29-13-8-21-39-24-29)23-31(27)25-40-36(45)33(17-15-28-9-4-2-5-10-28)41-37(46)34(18-19-35(43)44)42-38(47)49-26-30-11-6-3-7-12-30/h2-7,9-12,14,16,23,29,33-34,39H,8,13,15,17-22,24-26H2,1H3,(H,40,45)(H,41,46)(H,42,47)(H,43,44).